The number of anilines is 1. The molecule has 2 aliphatic rings. The van der Waals surface area contributed by atoms with Crippen molar-refractivity contribution in [2.75, 3.05) is 18.4 Å². The number of piperidine rings is 1. The van der Waals surface area contributed by atoms with Crippen LogP contribution in [0.15, 0.2) is 42.7 Å². The molecule has 3 aromatic rings. The van der Waals surface area contributed by atoms with Gasteiger partial charge in [-0.3, -0.25) is 4.79 Å². The molecule has 0 bridgehead atoms. The zero-order valence-corrected chi connectivity index (χ0v) is 19.5. The lowest BCUT2D eigenvalue weighted by molar-refractivity contribution is -0.0211. The second-order valence-corrected chi connectivity index (χ2v) is 10.8. The Morgan fingerprint density at radius 3 is 2.56 bits per heavy atom. The smallest absolute Gasteiger partial charge is 0.259 e. The van der Waals surface area contributed by atoms with Gasteiger partial charge in [0.1, 0.15) is 16.4 Å². The van der Waals surface area contributed by atoms with Gasteiger partial charge in [0.25, 0.3) is 5.91 Å². The summed E-state index contributed by atoms with van der Waals surface area (Å²) in [5.74, 6) is 0.716. The van der Waals surface area contributed by atoms with Gasteiger partial charge >= 0.3 is 0 Å². The minimum Gasteiger partial charge on any atom is -0.385 e. The molecule has 7 nitrogen and oxygen atoms in total. The van der Waals surface area contributed by atoms with E-state index in [2.05, 4.69) is 36.2 Å². The number of hydrogen-bond acceptors (Lipinski definition) is 6. The number of nitrogens with zero attached hydrogens (tertiary/aromatic N) is 4. The Kier molecular flexibility index (Phi) is 5.09. The summed E-state index contributed by atoms with van der Waals surface area (Å²) in [6.45, 7) is 7.36. The number of aryl methyl sites for hydroxylation is 1. The first-order chi connectivity index (χ1) is 15.3. The molecule has 168 valence electrons. The van der Waals surface area contributed by atoms with Gasteiger partial charge in [-0.05, 0) is 45.6 Å². The van der Waals surface area contributed by atoms with Crippen LogP contribution >= 0.6 is 11.3 Å². The van der Waals surface area contributed by atoms with E-state index in [1.807, 2.05) is 46.1 Å². The summed E-state index contributed by atoms with van der Waals surface area (Å²) in [5, 5.41) is 20.3. The molecule has 2 aromatic heterocycles. The number of amides is 1. The maximum atomic E-state index is 13.5. The summed E-state index contributed by atoms with van der Waals surface area (Å²) in [5.41, 5.74) is 0.379. The van der Waals surface area contributed by atoms with Gasteiger partial charge in [-0.25, -0.2) is 9.67 Å². The molecule has 2 N–H and O–H groups in total. The van der Waals surface area contributed by atoms with Crippen molar-refractivity contribution < 1.29 is 9.90 Å². The van der Waals surface area contributed by atoms with Crippen molar-refractivity contribution in [1.29, 1.82) is 0 Å². The number of aromatic nitrogens is 3. The Balaban J connectivity index is 1.37. The highest BCUT2D eigenvalue weighted by Crippen LogP contribution is 2.41. The number of nitrogens with one attached hydrogen (secondary N) is 1. The second kappa shape index (κ2) is 7.71. The van der Waals surface area contributed by atoms with Crippen LogP contribution in [-0.4, -0.2) is 43.8 Å². The third kappa shape index (κ3) is 3.61. The number of benzene rings is 1. The summed E-state index contributed by atoms with van der Waals surface area (Å²) in [4.78, 5) is 21.1. The molecule has 0 radical (unpaired) electrons. The Morgan fingerprint density at radius 2 is 1.91 bits per heavy atom. The van der Waals surface area contributed by atoms with Gasteiger partial charge in [0.05, 0.1) is 23.4 Å². The third-order valence-corrected chi connectivity index (χ3v) is 7.74. The van der Waals surface area contributed by atoms with E-state index in [4.69, 9.17) is 0 Å². The van der Waals surface area contributed by atoms with Crippen LogP contribution in [0.2, 0.25) is 0 Å². The number of fused-ring (bicyclic) bond motifs is 1. The molecular weight excluding hydrogens is 422 g/mol. The molecule has 1 unspecified atom stereocenters. The third-order valence-electron chi connectivity index (χ3n) is 6.71. The van der Waals surface area contributed by atoms with E-state index in [1.54, 1.807) is 17.5 Å². The van der Waals surface area contributed by atoms with Crippen molar-refractivity contribution in [3.63, 3.8) is 0 Å². The minimum atomic E-state index is -0.884. The fourth-order valence-electron chi connectivity index (χ4n) is 4.87. The van der Waals surface area contributed by atoms with E-state index >= 15 is 0 Å². The van der Waals surface area contributed by atoms with Crippen molar-refractivity contribution >= 4 is 23.1 Å². The first-order valence-electron chi connectivity index (χ1n) is 11.1. The Bertz CT molecular complexity index is 1130. The number of aliphatic hydroxyl groups is 1. The standard InChI is InChI=1S/C24H29N5O2S/c1-16-14-25-21(32-16)19-13-23(2,3)29-20(27-19)18(15-26-29)22(30)28-11-9-24(31,10-12-28)17-7-5-4-6-8-17/h4-8,14-15,19,27,31H,9-13H2,1-3H3. The summed E-state index contributed by atoms with van der Waals surface area (Å²) < 4.78 is 1.93. The van der Waals surface area contributed by atoms with Crippen molar-refractivity contribution in [3.8, 4) is 0 Å². The highest BCUT2D eigenvalue weighted by atomic mass is 32.1. The molecule has 0 saturated carbocycles. The Morgan fingerprint density at radius 1 is 1.19 bits per heavy atom. The van der Waals surface area contributed by atoms with Crippen LogP contribution in [0, 0.1) is 6.92 Å². The van der Waals surface area contributed by atoms with Crippen molar-refractivity contribution in [1.82, 2.24) is 19.7 Å². The zero-order chi connectivity index (χ0) is 22.5. The lowest BCUT2D eigenvalue weighted by Crippen LogP contribution is -2.45. The Hall–Kier alpha value is -2.71. The number of likely N-dealkylation sites (tertiary alicyclic amines) is 1. The van der Waals surface area contributed by atoms with Gasteiger partial charge in [-0.1, -0.05) is 30.3 Å². The maximum Gasteiger partial charge on any atom is 0.259 e. The van der Waals surface area contributed by atoms with Crippen molar-refractivity contribution in [2.24, 2.45) is 0 Å². The quantitative estimate of drug-likeness (QED) is 0.627. The molecule has 1 saturated heterocycles. The van der Waals surface area contributed by atoms with Crippen LogP contribution < -0.4 is 5.32 Å². The number of carbonyl (C=O) groups is 1. The average Bonchev–Trinajstić information content (AvgIpc) is 3.41. The molecule has 0 spiro atoms. The largest absolute Gasteiger partial charge is 0.385 e. The van der Waals surface area contributed by atoms with Crippen molar-refractivity contribution in [2.45, 2.75) is 57.2 Å². The minimum absolute atomic E-state index is 0.0411. The van der Waals surface area contributed by atoms with Gasteiger partial charge in [-0.15, -0.1) is 11.3 Å². The van der Waals surface area contributed by atoms with Crippen molar-refractivity contribution in [3.05, 3.63) is 63.7 Å². The van der Waals surface area contributed by atoms with Crippen LogP contribution in [-0.2, 0) is 11.1 Å². The average molecular weight is 452 g/mol. The number of rotatable bonds is 3. The van der Waals surface area contributed by atoms with Gasteiger partial charge < -0.3 is 15.3 Å². The van der Waals surface area contributed by atoms with E-state index in [0.29, 0.717) is 31.5 Å². The summed E-state index contributed by atoms with van der Waals surface area (Å²) in [6, 6.07) is 9.79. The predicted octanol–water partition coefficient (Wildman–Crippen LogP) is 4.06. The van der Waals surface area contributed by atoms with Crippen LogP contribution in [0.25, 0.3) is 0 Å². The highest BCUT2D eigenvalue weighted by molar-refractivity contribution is 7.11. The number of hydrogen-bond donors (Lipinski definition) is 2. The van der Waals surface area contributed by atoms with E-state index < -0.39 is 5.60 Å². The maximum absolute atomic E-state index is 13.5. The monoisotopic (exact) mass is 451 g/mol. The van der Waals surface area contributed by atoms with E-state index in [9.17, 15) is 9.90 Å². The molecule has 0 aliphatic carbocycles. The SMILES string of the molecule is Cc1cnc(C2CC(C)(C)n3ncc(C(=O)N4CCC(O)(c5ccccc5)CC4)c3N2)s1. The molecule has 5 rings (SSSR count). The zero-order valence-electron chi connectivity index (χ0n) is 18.7. The molecule has 1 fully saturated rings. The molecule has 4 heterocycles. The second-order valence-electron chi connectivity index (χ2n) is 9.53. The summed E-state index contributed by atoms with van der Waals surface area (Å²) in [7, 11) is 0. The lowest BCUT2D eigenvalue weighted by Gasteiger charge is -2.39. The molecule has 8 heteroatoms. The van der Waals surface area contributed by atoms with E-state index in [0.717, 1.165) is 22.8 Å². The van der Waals surface area contributed by atoms with E-state index in [1.165, 1.54) is 4.88 Å². The van der Waals surface area contributed by atoms with Crippen LogP contribution in [0.4, 0.5) is 5.82 Å². The highest BCUT2D eigenvalue weighted by Gasteiger charge is 2.40. The van der Waals surface area contributed by atoms with Gasteiger partial charge in [0.15, 0.2) is 0 Å². The van der Waals surface area contributed by atoms with Gasteiger partial charge in [0.2, 0.25) is 0 Å². The number of thiazole rings is 1. The Labute approximate surface area is 192 Å². The van der Waals surface area contributed by atoms with E-state index in [-0.39, 0.29) is 17.5 Å². The molecular formula is C24H29N5O2S. The molecule has 1 amide bonds. The number of carbonyl (C=O) groups excluding carboxylic acids is 1. The van der Waals surface area contributed by atoms with Gasteiger partial charge in [-0.2, -0.15) is 5.10 Å². The molecule has 1 atom stereocenters. The fourth-order valence-corrected chi connectivity index (χ4v) is 5.70. The normalized spacial score (nSPS) is 21.6. The first-order valence-corrected chi connectivity index (χ1v) is 11.9. The van der Waals surface area contributed by atoms with Crippen LogP contribution in [0.5, 0.6) is 0 Å². The lowest BCUT2D eigenvalue weighted by atomic mass is 9.84. The molecule has 32 heavy (non-hydrogen) atoms. The molecule has 1 aromatic carbocycles. The summed E-state index contributed by atoms with van der Waals surface area (Å²) in [6.07, 6.45) is 5.46. The topological polar surface area (TPSA) is 83.3 Å². The van der Waals surface area contributed by atoms with Gasteiger partial charge in [0, 0.05) is 24.2 Å². The summed E-state index contributed by atoms with van der Waals surface area (Å²) >= 11 is 1.69. The predicted molar refractivity (Wildman–Crippen MR) is 125 cm³/mol. The first kappa shape index (κ1) is 21.2. The fraction of sp³-hybridized carbons (Fsp3) is 0.458. The van der Waals surface area contributed by atoms with Crippen LogP contribution in [0.3, 0.4) is 0 Å². The molecule has 2 aliphatic heterocycles. The van der Waals surface area contributed by atoms with Crippen LogP contribution in [0.1, 0.15) is 65.0 Å².